The number of hydrogen-bond acceptors (Lipinski definition) is 3. The fraction of sp³-hybridized carbons (Fsp3) is 0.357. The van der Waals surface area contributed by atoms with Gasteiger partial charge in [-0.15, -0.1) is 0 Å². The molecule has 0 radical (unpaired) electrons. The molecule has 1 aromatic carbocycles. The van der Waals surface area contributed by atoms with Gasteiger partial charge in [-0.05, 0) is 19.1 Å². The Morgan fingerprint density at radius 1 is 1.33 bits per heavy atom. The summed E-state index contributed by atoms with van der Waals surface area (Å²) in [6.45, 7) is 4.97. The van der Waals surface area contributed by atoms with E-state index in [1.807, 2.05) is 10.9 Å². The summed E-state index contributed by atoms with van der Waals surface area (Å²) in [5.74, 6) is 1.48. The molecule has 0 spiro atoms. The Bertz CT molecular complexity index is 514. The van der Waals surface area contributed by atoms with Crippen LogP contribution < -0.4 is 10.1 Å². The maximum atomic E-state index is 5.71. The van der Waals surface area contributed by atoms with Crippen LogP contribution in [0.25, 0.3) is 5.69 Å². The van der Waals surface area contributed by atoms with Gasteiger partial charge in [0.15, 0.2) is 5.75 Å². The van der Waals surface area contributed by atoms with Gasteiger partial charge in [-0.1, -0.05) is 17.7 Å². The SMILES string of the molecule is Cc1ccc(-n2cc(OCC3CNC3)cn2)cc1. The highest BCUT2D eigenvalue weighted by Gasteiger charge is 2.17. The van der Waals surface area contributed by atoms with Crippen molar-refractivity contribution in [2.24, 2.45) is 5.92 Å². The van der Waals surface area contributed by atoms with Crippen LogP contribution in [0.2, 0.25) is 0 Å². The van der Waals surface area contributed by atoms with E-state index in [1.165, 1.54) is 5.56 Å². The van der Waals surface area contributed by atoms with Crippen LogP contribution in [0, 0.1) is 12.8 Å². The molecule has 0 saturated carbocycles. The van der Waals surface area contributed by atoms with E-state index < -0.39 is 0 Å². The molecular weight excluding hydrogens is 226 g/mol. The number of rotatable bonds is 4. The van der Waals surface area contributed by atoms with Crippen molar-refractivity contribution in [2.45, 2.75) is 6.92 Å². The van der Waals surface area contributed by atoms with E-state index in [9.17, 15) is 0 Å². The topological polar surface area (TPSA) is 39.1 Å². The smallest absolute Gasteiger partial charge is 0.157 e. The summed E-state index contributed by atoms with van der Waals surface area (Å²) in [6.07, 6.45) is 3.70. The Hall–Kier alpha value is -1.81. The molecule has 2 aromatic rings. The van der Waals surface area contributed by atoms with Crippen molar-refractivity contribution in [3.05, 3.63) is 42.2 Å². The molecule has 1 aliphatic rings. The molecule has 1 aliphatic heterocycles. The van der Waals surface area contributed by atoms with Gasteiger partial charge >= 0.3 is 0 Å². The summed E-state index contributed by atoms with van der Waals surface area (Å²) in [6, 6.07) is 8.28. The minimum atomic E-state index is 0.646. The molecular formula is C14H17N3O. The Morgan fingerprint density at radius 2 is 2.11 bits per heavy atom. The molecule has 0 bridgehead atoms. The molecule has 0 atom stereocenters. The van der Waals surface area contributed by atoms with Crippen molar-refractivity contribution in [3.63, 3.8) is 0 Å². The maximum absolute atomic E-state index is 5.71. The van der Waals surface area contributed by atoms with Crippen LogP contribution >= 0.6 is 0 Å². The van der Waals surface area contributed by atoms with Crippen molar-refractivity contribution in [1.82, 2.24) is 15.1 Å². The predicted octanol–water partition coefficient (Wildman–Crippen LogP) is 1.78. The quantitative estimate of drug-likeness (QED) is 0.889. The first-order chi connectivity index (χ1) is 8.81. The van der Waals surface area contributed by atoms with Crippen LogP contribution in [0.4, 0.5) is 0 Å². The third-order valence-corrected chi connectivity index (χ3v) is 3.21. The van der Waals surface area contributed by atoms with Crippen LogP contribution in [0.1, 0.15) is 5.56 Å². The molecule has 1 fully saturated rings. The fourth-order valence-corrected chi connectivity index (χ4v) is 1.90. The van der Waals surface area contributed by atoms with E-state index in [2.05, 4.69) is 41.6 Å². The Kier molecular flexibility index (Phi) is 3.02. The lowest BCUT2D eigenvalue weighted by atomic mass is 10.1. The summed E-state index contributed by atoms with van der Waals surface area (Å²) in [5, 5.41) is 7.55. The van der Waals surface area contributed by atoms with Gasteiger partial charge in [0.1, 0.15) is 0 Å². The van der Waals surface area contributed by atoms with Gasteiger partial charge in [-0.2, -0.15) is 5.10 Å². The number of nitrogens with one attached hydrogen (secondary N) is 1. The van der Waals surface area contributed by atoms with Crippen molar-refractivity contribution in [1.29, 1.82) is 0 Å². The highest BCUT2D eigenvalue weighted by Crippen LogP contribution is 2.15. The first-order valence-corrected chi connectivity index (χ1v) is 6.26. The van der Waals surface area contributed by atoms with Crippen LogP contribution in [0.15, 0.2) is 36.7 Å². The average molecular weight is 243 g/mol. The maximum Gasteiger partial charge on any atom is 0.157 e. The predicted molar refractivity (Wildman–Crippen MR) is 70.2 cm³/mol. The van der Waals surface area contributed by atoms with Crippen molar-refractivity contribution >= 4 is 0 Å². The molecule has 0 amide bonds. The first kappa shape index (κ1) is 11.3. The van der Waals surface area contributed by atoms with Gasteiger partial charge in [-0.25, -0.2) is 4.68 Å². The molecule has 3 rings (SSSR count). The molecule has 18 heavy (non-hydrogen) atoms. The number of hydrogen-bond donors (Lipinski definition) is 1. The standard InChI is InChI=1S/C14H17N3O/c1-11-2-4-13(5-3-11)17-9-14(8-16-17)18-10-12-6-15-7-12/h2-5,8-9,12,15H,6-7,10H2,1H3. The second kappa shape index (κ2) is 4.82. The molecule has 0 unspecified atom stereocenters. The third kappa shape index (κ3) is 2.38. The molecule has 4 heteroatoms. The van der Waals surface area contributed by atoms with E-state index in [1.54, 1.807) is 6.20 Å². The summed E-state index contributed by atoms with van der Waals surface area (Å²) in [5.41, 5.74) is 2.31. The summed E-state index contributed by atoms with van der Waals surface area (Å²) in [4.78, 5) is 0. The second-order valence-electron chi connectivity index (χ2n) is 4.79. The molecule has 1 N–H and O–H groups in total. The number of benzene rings is 1. The van der Waals surface area contributed by atoms with Gasteiger partial charge in [-0.3, -0.25) is 0 Å². The van der Waals surface area contributed by atoms with Crippen molar-refractivity contribution in [2.75, 3.05) is 19.7 Å². The second-order valence-corrected chi connectivity index (χ2v) is 4.79. The number of ether oxygens (including phenoxy) is 1. The average Bonchev–Trinajstić information content (AvgIpc) is 2.77. The largest absolute Gasteiger partial charge is 0.490 e. The van der Waals surface area contributed by atoms with E-state index >= 15 is 0 Å². The summed E-state index contributed by atoms with van der Waals surface area (Å²) < 4.78 is 7.55. The Labute approximate surface area is 107 Å². The summed E-state index contributed by atoms with van der Waals surface area (Å²) >= 11 is 0. The molecule has 1 saturated heterocycles. The monoisotopic (exact) mass is 243 g/mol. The van der Waals surface area contributed by atoms with Crippen molar-refractivity contribution in [3.8, 4) is 11.4 Å². The third-order valence-electron chi connectivity index (χ3n) is 3.21. The van der Waals surface area contributed by atoms with E-state index in [0.29, 0.717) is 5.92 Å². The highest BCUT2D eigenvalue weighted by atomic mass is 16.5. The van der Waals surface area contributed by atoms with Crippen LogP contribution in [-0.4, -0.2) is 29.5 Å². The first-order valence-electron chi connectivity index (χ1n) is 6.26. The van der Waals surface area contributed by atoms with E-state index in [0.717, 1.165) is 31.1 Å². The minimum absolute atomic E-state index is 0.646. The van der Waals surface area contributed by atoms with Crippen LogP contribution in [0.3, 0.4) is 0 Å². The zero-order chi connectivity index (χ0) is 12.4. The number of aromatic nitrogens is 2. The highest BCUT2D eigenvalue weighted by molar-refractivity contribution is 5.34. The molecule has 0 aliphatic carbocycles. The lowest BCUT2D eigenvalue weighted by Gasteiger charge is -2.26. The molecule has 4 nitrogen and oxygen atoms in total. The normalized spacial score (nSPS) is 15.4. The Balaban J connectivity index is 1.66. The lowest BCUT2D eigenvalue weighted by molar-refractivity contribution is 0.199. The zero-order valence-electron chi connectivity index (χ0n) is 10.5. The van der Waals surface area contributed by atoms with Crippen LogP contribution in [-0.2, 0) is 0 Å². The van der Waals surface area contributed by atoms with Gasteiger partial charge in [0, 0.05) is 19.0 Å². The molecule has 1 aromatic heterocycles. The summed E-state index contributed by atoms with van der Waals surface area (Å²) in [7, 11) is 0. The fourth-order valence-electron chi connectivity index (χ4n) is 1.90. The van der Waals surface area contributed by atoms with Gasteiger partial charge < -0.3 is 10.1 Å². The Morgan fingerprint density at radius 3 is 2.78 bits per heavy atom. The van der Waals surface area contributed by atoms with E-state index in [-0.39, 0.29) is 0 Å². The van der Waals surface area contributed by atoms with Gasteiger partial charge in [0.05, 0.1) is 24.7 Å². The van der Waals surface area contributed by atoms with Crippen LogP contribution in [0.5, 0.6) is 5.75 Å². The molecule has 2 heterocycles. The molecule has 94 valence electrons. The van der Waals surface area contributed by atoms with Gasteiger partial charge in [0.2, 0.25) is 0 Å². The number of aryl methyl sites for hydroxylation is 1. The minimum Gasteiger partial charge on any atom is -0.490 e. The lowest BCUT2D eigenvalue weighted by Crippen LogP contribution is -2.45. The zero-order valence-corrected chi connectivity index (χ0v) is 10.5. The van der Waals surface area contributed by atoms with Crippen molar-refractivity contribution < 1.29 is 4.74 Å². The van der Waals surface area contributed by atoms with Gasteiger partial charge in [0.25, 0.3) is 0 Å². The number of nitrogens with zero attached hydrogens (tertiary/aromatic N) is 2. The van der Waals surface area contributed by atoms with E-state index in [4.69, 9.17) is 4.74 Å².